The van der Waals surface area contributed by atoms with Gasteiger partial charge in [0.1, 0.15) is 5.75 Å². The molecule has 0 heterocycles. The normalized spacial score (nSPS) is 10.9. The van der Waals surface area contributed by atoms with Crippen LogP contribution in [0.3, 0.4) is 0 Å². The summed E-state index contributed by atoms with van der Waals surface area (Å²) in [5.74, 6) is 2.46. The molecule has 0 aromatic heterocycles. The van der Waals surface area contributed by atoms with Crippen molar-refractivity contribution in [3.63, 3.8) is 0 Å². The Morgan fingerprint density at radius 1 is 0.938 bits per heavy atom. The zero-order valence-electron chi connectivity index (χ0n) is 19.6. The molecule has 32 heavy (non-hydrogen) atoms. The fourth-order valence-electron chi connectivity index (χ4n) is 2.81. The predicted octanol–water partition coefficient (Wildman–Crippen LogP) is 5.07. The molecule has 7 heteroatoms. The van der Waals surface area contributed by atoms with Crippen LogP contribution >= 0.6 is 0 Å². The fraction of sp³-hybridized carbons (Fsp3) is 0.440. The molecule has 0 spiro atoms. The Hall–Kier alpha value is -3.22. The van der Waals surface area contributed by atoms with E-state index in [1.807, 2.05) is 45.0 Å². The molecule has 7 nitrogen and oxygen atoms in total. The van der Waals surface area contributed by atoms with E-state index < -0.39 is 0 Å². The van der Waals surface area contributed by atoms with Gasteiger partial charge in [-0.2, -0.15) is 5.10 Å². The Morgan fingerprint density at radius 2 is 1.53 bits per heavy atom. The number of amides is 1. The summed E-state index contributed by atoms with van der Waals surface area (Å²) in [7, 11) is 0. The lowest BCUT2D eigenvalue weighted by atomic mass is 10.1. The maximum absolute atomic E-state index is 12.6. The van der Waals surface area contributed by atoms with Gasteiger partial charge in [0.05, 0.1) is 32.6 Å². The molecule has 0 saturated carbocycles. The van der Waals surface area contributed by atoms with E-state index in [-0.39, 0.29) is 5.91 Å². The molecule has 2 aromatic carbocycles. The zero-order chi connectivity index (χ0) is 23.3. The summed E-state index contributed by atoms with van der Waals surface area (Å²) in [4.78, 5) is 12.6. The van der Waals surface area contributed by atoms with Crippen molar-refractivity contribution in [3.8, 4) is 23.0 Å². The van der Waals surface area contributed by atoms with Crippen LogP contribution in [0, 0.1) is 5.92 Å². The van der Waals surface area contributed by atoms with Gasteiger partial charge in [-0.1, -0.05) is 13.8 Å². The summed E-state index contributed by atoms with van der Waals surface area (Å²) >= 11 is 0. The van der Waals surface area contributed by atoms with Gasteiger partial charge in [-0.25, -0.2) is 5.43 Å². The van der Waals surface area contributed by atoms with Crippen LogP contribution in [0.2, 0.25) is 0 Å². The first-order valence-corrected chi connectivity index (χ1v) is 11.1. The molecule has 0 unspecified atom stereocenters. The molecule has 0 atom stereocenters. The quantitative estimate of drug-likeness (QED) is 0.346. The Bertz CT molecular complexity index is 851. The number of nitrogens with one attached hydrogen (secondary N) is 1. The number of hydrazone groups is 1. The van der Waals surface area contributed by atoms with Crippen molar-refractivity contribution in [3.05, 3.63) is 47.5 Å². The lowest BCUT2D eigenvalue weighted by molar-refractivity contribution is 0.0954. The summed E-state index contributed by atoms with van der Waals surface area (Å²) in [6.45, 7) is 12.0. The largest absolute Gasteiger partial charge is 0.494 e. The van der Waals surface area contributed by atoms with Crippen molar-refractivity contribution in [2.24, 2.45) is 11.0 Å². The minimum absolute atomic E-state index is 0.367. The Kier molecular flexibility index (Phi) is 10.4. The Morgan fingerprint density at radius 3 is 2.06 bits per heavy atom. The average Bonchev–Trinajstić information content (AvgIpc) is 2.77. The van der Waals surface area contributed by atoms with Crippen LogP contribution < -0.4 is 24.4 Å². The second kappa shape index (κ2) is 13.2. The smallest absolute Gasteiger partial charge is 0.271 e. The van der Waals surface area contributed by atoms with Crippen molar-refractivity contribution in [2.45, 2.75) is 41.0 Å². The van der Waals surface area contributed by atoms with Crippen LogP contribution in [0.1, 0.15) is 57.0 Å². The van der Waals surface area contributed by atoms with Crippen LogP contribution in [0.25, 0.3) is 0 Å². The summed E-state index contributed by atoms with van der Waals surface area (Å²) in [5, 5.41) is 4.06. The number of hydrogen-bond donors (Lipinski definition) is 1. The second-order valence-corrected chi connectivity index (χ2v) is 7.40. The topological polar surface area (TPSA) is 78.4 Å². The van der Waals surface area contributed by atoms with Gasteiger partial charge in [0.15, 0.2) is 11.5 Å². The molecule has 0 fully saturated rings. The Labute approximate surface area is 190 Å². The van der Waals surface area contributed by atoms with Crippen molar-refractivity contribution >= 4 is 12.1 Å². The lowest BCUT2D eigenvalue weighted by Crippen LogP contribution is -2.18. The maximum Gasteiger partial charge on any atom is 0.271 e. The van der Waals surface area contributed by atoms with Gasteiger partial charge in [0, 0.05) is 5.56 Å². The van der Waals surface area contributed by atoms with Gasteiger partial charge in [-0.15, -0.1) is 0 Å². The third-order valence-electron chi connectivity index (χ3n) is 4.40. The van der Waals surface area contributed by atoms with E-state index in [0.29, 0.717) is 55.2 Å². The minimum Gasteiger partial charge on any atom is -0.494 e. The highest BCUT2D eigenvalue weighted by Crippen LogP contribution is 2.39. The van der Waals surface area contributed by atoms with Crippen molar-refractivity contribution in [1.82, 2.24) is 5.43 Å². The van der Waals surface area contributed by atoms with Crippen molar-refractivity contribution in [2.75, 3.05) is 26.4 Å². The highest BCUT2D eigenvalue weighted by molar-refractivity contribution is 5.96. The summed E-state index contributed by atoms with van der Waals surface area (Å²) < 4.78 is 22.7. The Balaban J connectivity index is 2.05. The first-order valence-electron chi connectivity index (χ1n) is 11.1. The van der Waals surface area contributed by atoms with Crippen molar-refractivity contribution in [1.29, 1.82) is 0 Å². The maximum atomic E-state index is 12.6. The van der Waals surface area contributed by atoms with Crippen LogP contribution in [-0.4, -0.2) is 38.5 Å². The van der Waals surface area contributed by atoms with E-state index in [2.05, 4.69) is 24.4 Å². The molecular formula is C25H34N2O5. The number of ether oxygens (including phenoxy) is 4. The number of rotatable bonds is 13. The first-order chi connectivity index (χ1) is 15.5. The van der Waals surface area contributed by atoms with E-state index in [4.69, 9.17) is 18.9 Å². The van der Waals surface area contributed by atoms with Gasteiger partial charge < -0.3 is 18.9 Å². The highest BCUT2D eigenvalue weighted by Gasteiger charge is 2.18. The van der Waals surface area contributed by atoms with Crippen molar-refractivity contribution < 1.29 is 23.7 Å². The average molecular weight is 443 g/mol. The van der Waals surface area contributed by atoms with E-state index in [1.165, 1.54) is 0 Å². The van der Waals surface area contributed by atoms with Crippen LogP contribution in [0.15, 0.2) is 41.5 Å². The molecule has 1 N–H and O–H groups in total. The SMILES string of the molecule is CCOc1cc(C(=O)NN=Cc2ccc(OCCC(C)C)cc2)cc(OCC)c1OCC. The van der Waals surface area contributed by atoms with Gasteiger partial charge in [0.25, 0.3) is 5.91 Å². The van der Waals surface area contributed by atoms with Gasteiger partial charge in [-0.3, -0.25) is 4.79 Å². The van der Waals surface area contributed by atoms with E-state index in [9.17, 15) is 4.79 Å². The third kappa shape index (κ3) is 7.80. The molecule has 1 amide bonds. The molecule has 2 aromatic rings. The van der Waals surface area contributed by atoms with Gasteiger partial charge >= 0.3 is 0 Å². The summed E-state index contributed by atoms with van der Waals surface area (Å²) in [6, 6.07) is 10.8. The molecule has 0 aliphatic heterocycles. The first kappa shape index (κ1) is 25.0. The molecule has 0 saturated heterocycles. The summed E-state index contributed by atoms with van der Waals surface area (Å²) in [6.07, 6.45) is 2.59. The van der Waals surface area contributed by atoms with Crippen LogP contribution in [0.5, 0.6) is 23.0 Å². The standard InChI is InChI=1S/C25H34N2O5/c1-6-29-22-15-20(16-23(30-7-2)24(22)31-8-3)25(28)27-26-17-19-9-11-21(12-10-19)32-14-13-18(4)5/h9-12,15-18H,6-8,13-14H2,1-5H3,(H,27,28). The van der Waals surface area contributed by atoms with Gasteiger partial charge in [0.2, 0.25) is 5.75 Å². The third-order valence-corrected chi connectivity index (χ3v) is 4.40. The fourth-order valence-corrected chi connectivity index (χ4v) is 2.81. The number of benzene rings is 2. The predicted molar refractivity (Wildman–Crippen MR) is 126 cm³/mol. The molecule has 0 aliphatic carbocycles. The number of carbonyl (C=O) groups is 1. The monoisotopic (exact) mass is 442 g/mol. The molecular weight excluding hydrogens is 408 g/mol. The summed E-state index contributed by atoms with van der Waals surface area (Å²) in [5.41, 5.74) is 3.76. The minimum atomic E-state index is -0.375. The zero-order valence-corrected chi connectivity index (χ0v) is 19.6. The van der Waals surface area contributed by atoms with E-state index in [0.717, 1.165) is 17.7 Å². The lowest BCUT2D eigenvalue weighted by Gasteiger charge is -2.16. The van der Waals surface area contributed by atoms with Gasteiger partial charge in [-0.05, 0) is 75.1 Å². The van der Waals surface area contributed by atoms with E-state index in [1.54, 1.807) is 18.3 Å². The molecule has 2 rings (SSSR count). The highest BCUT2D eigenvalue weighted by atomic mass is 16.5. The molecule has 0 aliphatic rings. The van der Waals surface area contributed by atoms with Crippen LogP contribution in [-0.2, 0) is 0 Å². The molecule has 0 bridgehead atoms. The molecule has 174 valence electrons. The van der Waals surface area contributed by atoms with Crippen LogP contribution in [0.4, 0.5) is 0 Å². The second-order valence-electron chi connectivity index (χ2n) is 7.40. The number of carbonyl (C=O) groups excluding carboxylic acids is 1. The number of hydrogen-bond acceptors (Lipinski definition) is 6. The number of nitrogens with zero attached hydrogens (tertiary/aromatic N) is 1. The molecule has 0 radical (unpaired) electrons. The van der Waals surface area contributed by atoms with E-state index >= 15 is 0 Å².